The number of aryl methyl sites for hydroxylation is 1. The number of nitrogens with zero attached hydrogens (tertiary/aromatic N) is 2. The van der Waals surface area contributed by atoms with Crippen LogP contribution in [0.25, 0.3) is 0 Å². The van der Waals surface area contributed by atoms with Gasteiger partial charge in [0.25, 0.3) is 0 Å². The summed E-state index contributed by atoms with van der Waals surface area (Å²) in [5, 5.41) is 6.53. The van der Waals surface area contributed by atoms with Crippen molar-refractivity contribution >= 4 is 11.6 Å². The summed E-state index contributed by atoms with van der Waals surface area (Å²) in [5.41, 5.74) is 0. The van der Waals surface area contributed by atoms with E-state index < -0.39 is 0 Å². The van der Waals surface area contributed by atoms with Crippen molar-refractivity contribution in [3.05, 3.63) is 11.9 Å². The van der Waals surface area contributed by atoms with Gasteiger partial charge in [-0.05, 0) is 25.2 Å². The summed E-state index contributed by atoms with van der Waals surface area (Å²) in [6, 6.07) is 1.97. The Morgan fingerprint density at radius 3 is 2.67 bits per heavy atom. The van der Waals surface area contributed by atoms with Crippen molar-refractivity contribution in [3.63, 3.8) is 0 Å². The molecule has 0 aliphatic heterocycles. The summed E-state index contributed by atoms with van der Waals surface area (Å²) in [4.78, 5) is 8.73. The second-order valence-corrected chi connectivity index (χ2v) is 5.34. The first-order chi connectivity index (χ1) is 8.69. The van der Waals surface area contributed by atoms with Crippen molar-refractivity contribution in [1.29, 1.82) is 0 Å². The Hall–Kier alpha value is -1.32. The predicted molar refractivity (Wildman–Crippen MR) is 75.9 cm³/mol. The van der Waals surface area contributed by atoms with Crippen LogP contribution in [0.3, 0.4) is 0 Å². The number of aromatic nitrogens is 2. The number of hydrogen-bond donors (Lipinski definition) is 2. The van der Waals surface area contributed by atoms with Gasteiger partial charge >= 0.3 is 0 Å². The van der Waals surface area contributed by atoms with Crippen LogP contribution in [-0.2, 0) is 0 Å². The van der Waals surface area contributed by atoms with Gasteiger partial charge in [-0.3, -0.25) is 0 Å². The van der Waals surface area contributed by atoms with E-state index in [1.807, 2.05) is 20.0 Å². The van der Waals surface area contributed by atoms with Crippen molar-refractivity contribution in [3.8, 4) is 0 Å². The number of rotatable bonds is 4. The molecular weight excluding hydrogens is 224 g/mol. The Bertz CT molecular complexity index is 391. The van der Waals surface area contributed by atoms with Gasteiger partial charge in [0.1, 0.15) is 17.5 Å². The Morgan fingerprint density at radius 2 is 1.94 bits per heavy atom. The largest absolute Gasteiger partial charge is 0.373 e. The Kier molecular flexibility index (Phi) is 4.39. The van der Waals surface area contributed by atoms with E-state index in [0.29, 0.717) is 0 Å². The van der Waals surface area contributed by atoms with Gasteiger partial charge in [0.2, 0.25) is 0 Å². The molecule has 2 N–H and O–H groups in total. The van der Waals surface area contributed by atoms with Crippen molar-refractivity contribution in [2.45, 2.75) is 39.5 Å². The van der Waals surface area contributed by atoms with Gasteiger partial charge in [-0.15, -0.1) is 0 Å². The minimum Gasteiger partial charge on any atom is -0.373 e. The van der Waals surface area contributed by atoms with Gasteiger partial charge in [0.15, 0.2) is 0 Å². The third kappa shape index (κ3) is 3.34. The van der Waals surface area contributed by atoms with Crippen LogP contribution in [0.15, 0.2) is 6.07 Å². The zero-order chi connectivity index (χ0) is 13.0. The van der Waals surface area contributed by atoms with Gasteiger partial charge in [0.05, 0.1) is 0 Å². The normalized spacial score (nSPS) is 23.7. The first-order valence-corrected chi connectivity index (χ1v) is 6.96. The van der Waals surface area contributed by atoms with Crippen LogP contribution in [0.4, 0.5) is 11.6 Å². The van der Waals surface area contributed by atoms with Crippen LogP contribution in [0.5, 0.6) is 0 Å². The zero-order valence-corrected chi connectivity index (χ0v) is 11.7. The van der Waals surface area contributed by atoms with E-state index in [2.05, 4.69) is 27.5 Å². The molecule has 1 aromatic rings. The number of nitrogens with one attached hydrogen (secondary N) is 2. The zero-order valence-electron chi connectivity index (χ0n) is 11.7. The topological polar surface area (TPSA) is 49.8 Å². The highest BCUT2D eigenvalue weighted by atomic mass is 15.1. The van der Waals surface area contributed by atoms with E-state index in [4.69, 9.17) is 0 Å². The molecule has 2 atom stereocenters. The lowest BCUT2D eigenvalue weighted by Crippen LogP contribution is -2.24. The van der Waals surface area contributed by atoms with E-state index in [1.54, 1.807) is 0 Å². The molecule has 0 amide bonds. The molecule has 0 aromatic carbocycles. The lowest BCUT2D eigenvalue weighted by molar-refractivity contribution is 0.268. The monoisotopic (exact) mass is 248 g/mol. The molecule has 0 radical (unpaired) electrons. The predicted octanol–water partition coefficient (Wildman–Crippen LogP) is 3.06. The molecule has 1 fully saturated rings. The molecule has 1 heterocycles. The summed E-state index contributed by atoms with van der Waals surface area (Å²) in [5.74, 6) is 4.23. The fourth-order valence-corrected chi connectivity index (χ4v) is 2.72. The van der Waals surface area contributed by atoms with E-state index in [1.165, 1.54) is 25.7 Å². The van der Waals surface area contributed by atoms with Crippen LogP contribution in [0, 0.1) is 18.8 Å². The molecule has 2 rings (SSSR count). The molecule has 0 bridgehead atoms. The van der Waals surface area contributed by atoms with Crippen molar-refractivity contribution in [2.75, 3.05) is 24.2 Å². The Balaban J connectivity index is 1.94. The summed E-state index contributed by atoms with van der Waals surface area (Å²) in [6.45, 7) is 5.33. The van der Waals surface area contributed by atoms with Crippen LogP contribution in [0.1, 0.15) is 38.4 Å². The average Bonchev–Trinajstić information content (AvgIpc) is 2.37. The fraction of sp³-hybridized carbons (Fsp3) is 0.714. The minimum absolute atomic E-state index is 0.784. The second kappa shape index (κ2) is 6.03. The van der Waals surface area contributed by atoms with Crippen LogP contribution < -0.4 is 10.6 Å². The van der Waals surface area contributed by atoms with E-state index in [9.17, 15) is 0 Å². The molecule has 1 aliphatic rings. The van der Waals surface area contributed by atoms with E-state index >= 15 is 0 Å². The standard InChI is InChI=1S/C14H24N4/c1-10-6-4-5-7-12(10)9-16-14-8-13(15-3)17-11(2)18-14/h8,10,12H,4-7,9H2,1-3H3,(H2,15,16,17,18). The summed E-state index contributed by atoms with van der Waals surface area (Å²) < 4.78 is 0. The number of hydrogen-bond acceptors (Lipinski definition) is 4. The van der Waals surface area contributed by atoms with Gasteiger partial charge in [0, 0.05) is 19.7 Å². The molecule has 18 heavy (non-hydrogen) atoms. The maximum absolute atomic E-state index is 4.43. The first-order valence-electron chi connectivity index (χ1n) is 6.96. The lowest BCUT2D eigenvalue weighted by atomic mass is 9.80. The molecule has 0 saturated heterocycles. The van der Waals surface area contributed by atoms with Gasteiger partial charge in [-0.25, -0.2) is 9.97 Å². The van der Waals surface area contributed by atoms with Gasteiger partial charge < -0.3 is 10.6 Å². The highest BCUT2D eigenvalue weighted by Crippen LogP contribution is 2.29. The SMILES string of the molecule is CNc1cc(NCC2CCCCC2C)nc(C)n1. The smallest absolute Gasteiger partial charge is 0.131 e. The summed E-state index contributed by atoms with van der Waals surface area (Å²) in [7, 11) is 1.88. The second-order valence-electron chi connectivity index (χ2n) is 5.34. The molecular formula is C14H24N4. The van der Waals surface area contributed by atoms with Gasteiger partial charge in [-0.1, -0.05) is 26.2 Å². The molecule has 100 valence electrons. The number of anilines is 2. The Labute approximate surface area is 110 Å². The van der Waals surface area contributed by atoms with E-state index in [0.717, 1.165) is 35.8 Å². The summed E-state index contributed by atoms with van der Waals surface area (Å²) in [6.07, 6.45) is 5.49. The fourth-order valence-electron chi connectivity index (χ4n) is 2.72. The third-order valence-electron chi connectivity index (χ3n) is 3.93. The molecule has 4 nitrogen and oxygen atoms in total. The van der Waals surface area contributed by atoms with Gasteiger partial charge in [-0.2, -0.15) is 0 Å². The maximum atomic E-state index is 4.43. The van der Waals surface area contributed by atoms with E-state index in [-0.39, 0.29) is 0 Å². The van der Waals surface area contributed by atoms with Crippen LogP contribution >= 0.6 is 0 Å². The molecule has 1 aliphatic carbocycles. The van der Waals surface area contributed by atoms with Crippen molar-refractivity contribution < 1.29 is 0 Å². The average molecular weight is 248 g/mol. The molecule has 1 aromatic heterocycles. The van der Waals surface area contributed by atoms with Crippen molar-refractivity contribution in [1.82, 2.24) is 9.97 Å². The quantitative estimate of drug-likeness (QED) is 0.860. The van der Waals surface area contributed by atoms with Crippen LogP contribution in [-0.4, -0.2) is 23.6 Å². The minimum atomic E-state index is 0.784. The Morgan fingerprint density at radius 1 is 1.22 bits per heavy atom. The first kappa shape index (κ1) is 13.1. The highest BCUT2D eigenvalue weighted by molar-refractivity contribution is 5.47. The van der Waals surface area contributed by atoms with Crippen molar-refractivity contribution in [2.24, 2.45) is 11.8 Å². The maximum Gasteiger partial charge on any atom is 0.131 e. The molecule has 1 saturated carbocycles. The highest BCUT2D eigenvalue weighted by Gasteiger charge is 2.20. The molecule has 0 spiro atoms. The lowest BCUT2D eigenvalue weighted by Gasteiger charge is -2.29. The molecule has 2 unspecified atom stereocenters. The summed E-state index contributed by atoms with van der Waals surface area (Å²) >= 11 is 0. The molecule has 4 heteroatoms. The third-order valence-corrected chi connectivity index (χ3v) is 3.93. The van der Waals surface area contributed by atoms with Crippen LogP contribution in [0.2, 0.25) is 0 Å².